The van der Waals surface area contributed by atoms with Crippen molar-refractivity contribution in [2.24, 2.45) is 5.92 Å². The van der Waals surface area contributed by atoms with Crippen molar-refractivity contribution in [2.75, 3.05) is 7.11 Å². The SMILES string of the molecule is COC(=O)C(CC(C)C)NC(=O)OCc1ccc(C)cc1. The summed E-state index contributed by atoms with van der Waals surface area (Å²) in [5.74, 6) is -0.206. The highest BCUT2D eigenvalue weighted by atomic mass is 16.6. The lowest BCUT2D eigenvalue weighted by Gasteiger charge is -2.18. The van der Waals surface area contributed by atoms with Gasteiger partial charge in [-0.05, 0) is 24.8 Å². The lowest BCUT2D eigenvalue weighted by atomic mass is 10.0. The van der Waals surface area contributed by atoms with E-state index in [1.54, 1.807) is 0 Å². The first kappa shape index (κ1) is 17.0. The molecule has 0 aromatic heterocycles. The molecule has 5 heteroatoms. The largest absolute Gasteiger partial charge is 0.467 e. The number of amides is 1. The second kappa shape index (κ2) is 8.29. The van der Waals surface area contributed by atoms with Gasteiger partial charge in [-0.2, -0.15) is 0 Å². The number of alkyl carbamates (subject to hydrolysis) is 1. The van der Waals surface area contributed by atoms with Gasteiger partial charge >= 0.3 is 12.1 Å². The van der Waals surface area contributed by atoms with E-state index in [2.05, 4.69) is 10.1 Å². The second-order valence-corrected chi connectivity index (χ2v) is 5.41. The van der Waals surface area contributed by atoms with Gasteiger partial charge in [0.2, 0.25) is 0 Å². The van der Waals surface area contributed by atoms with E-state index in [1.807, 2.05) is 45.0 Å². The van der Waals surface area contributed by atoms with Crippen LogP contribution in [0.3, 0.4) is 0 Å². The molecule has 0 aliphatic heterocycles. The van der Waals surface area contributed by atoms with Gasteiger partial charge in [0.15, 0.2) is 0 Å². The first-order valence-corrected chi connectivity index (χ1v) is 6.99. The van der Waals surface area contributed by atoms with E-state index in [0.29, 0.717) is 6.42 Å². The first-order chi connectivity index (χ1) is 9.92. The minimum Gasteiger partial charge on any atom is -0.467 e. The third-order valence-corrected chi connectivity index (χ3v) is 2.98. The molecule has 1 amide bonds. The van der Waals surface area contributed by atoms with Gasteiger partial charge in [-0.15, -0.1) is 0 Å². The number of ether oxygens (including phenoxy) is 2. The van der Waals surface area contributed by atoms with E-state index in [-0.39, 0.29) is 12.5 Å². The van der Waals surface area contributed by atoms with Crippen molar-refractivity contribution in [3.63, 3.8) is 0 Å². The van der Waals surface area contributed by atoms with Crippen LogP contribution in [0.2, 0.25) is 0 Å². The Balaban J connectivity index is 2.49. The summed E-state index contributed by atoms with van der Waals surface area (Å²) in [6, 6.07) is 7.02. The van der Waals surface area contributed by atoms with Gasteiger partial charge in [0, 0.05) is 0 Å². The van der Waals surface area contributed by atoms with Gasteiger partial charge in [0.05, 0.1) is 7.11 Å². The maximum Gasteiger partial charge on any atom is 0.408 e. The van der Waals surface area contributed by atoms with Gasteiger partial charge in [0.25, 0.3) is 0 Å². The molecular weight excluding hydrogens is 270 g/mol. The number of benzene rings is 1. The Morgan fingerprint density at radius 3 is 2.33 bits per heavy atom. The zero-order valence-electron chi connectivity index (χ0n) is 13.0. The Hall–Kier alpha value is -2.04. The maximum atomic E-state index is 11.8. The maximum absolute atomic E-state index is 11.8. The van der Waals surface area contributed by atoms with E-state index in [4.69, 9.17) is 4.74 Å². The summed E-state index contributed by atoms with van der Waals surface area (Å²) in [6.45, 7) is 6.09. The monoisotopic (exact) mass is 293 g/mol. The van der Waals surface area contributed by atoms with Crippen LogP contribution < -0.4 is 5.32 Å². The van der Waals surface area contributed by atoms with Crippen LogP contribution in [-0.2, 0) is 20.9 Å². The van der Waals surface area contributed by atoms with Crippen LogP contribution in [0.5, 0.6) is 0 Å². The average molecular weight is 293 g/mol. The molecular formula is C16H23NO4. The Kier molecular flexibility index (Phi) is 6.72. The lowest BCUT2D eigenvalue weighted by Crippen LogP contribution is -2.42. The van der Waals surface area contributed by atoms with Crippen molar-refractivity contribution >= 4 is 12.1 Å². The highest BCUT2D eigenvalue weighted by Crippen LogP contribution is 2.08. The average Bonchev–Trinajstić information content (AvgIpc) is 2.44. The van der Waals surface area contributed by atoms with Crippen LogP contribution in [-0.4, -0.2) is 25.2 Å². The normalized spacial score (nSPS) is 11.9. The van der Waals surface area contributed by atoms with Crippen LogP contribution in [0, 0.1) is 12.8 Å². The van der Waals surface area contributed by atoms with E-state index in [9.17, 15) is 9.59 Å². The van der Waals surface area contributed by atoms with E-state index in [1.165, 1.54) is 7.11 Å². The highest BCUT2D eigenvalue weighted by Gasteiger charge is 2.23. The first-order valence-electron chi connectivity index (χ1n) is 6.99. The van der Waals surface area contributed by atoms with Crippen LogP contribution in [0.4, 0.5) is 4.79 Å². The number of methoxy groups -OCH3 is 1. The molecule has 0 spiro atoms. The minimum absolute atomic E-state index is 0.168. The molecule has 0 aliphatic carbocycles. The summed E-state index contributed by atoms with van der Waals surface area (Å²) in [4.78, 5) is 23.4. The van der Waals surface area contributed by atoms with Crippen LogP contribution >= 0.6 is 0 Å². The number of hydrogen-bond donors (Lipinski definition) is 1. The molecule has 5 nitrogen and oxygen atoms in total. The number of esters is 1. The van der Waals surface area contributed by atoms with Gasteiger partial charge in [-0.25, -0.2) is 9.59 Å². The molecule has 0 aliphatic rings. The zero-order valence-corrected chi connectivity index (χ0v) is 13.0. The highest BCUT2D eigenvalue weighted by molar-refractivity contribution is 5.81. The lowest BCUT2D eigenvalue weighted by molar-refractivity contribution is -0.143. The quantitative estimate of drug-likeness (QED) is 0.819. The van der Waals surface area contributed by atoms with Crippen molar-refractivity contribution in [1.29, 1.82) is 0 Å². The van der Waals surface area contributed by atoms with Crippen LogP contribution in [0.15, 0.2) is 24.3 Å². The number of aryl methyl sites for hydroxylation is 1. The zero-order chi connectivity index (χ0) is 15.8. The standard InChI is InChI=1S/C16H23NO4/c1-11(2)9-14(15(18)20-4)17-16(19)21-10-13-7-5-12(3)6-8-13/h5-8,11,14H,9-10H2,1-4H3,(H,17,19). The molecule has 1 rings (SSSR count). The topological polar surface area (TPSA) is 64.6 Å². The van der Waals surface area contributed by atoms with Gasteiger partial charge in [-0.3, -0.25) is 0 Å². The summed E-state index contributed by atoms with van der Waals surface area (Å²) in [5.41, 5.74) is 2.04. The predicted octanol–water partition coefficient (Wildman–Crippen LogP) is 2.81. The fourth-order valence-corrected chi connectivity index (χ4v) is 1.84. The molecule has 1 N–H and O–H groups in total. The molecule has 0 radical (unpaired) electrons. The van der Waals surface area contributed by atoms with Gasteiger partial charge in [-0.1, -0.05) is 43.7 Å². The molecule has 1 unspecified atom stereocenters. The predicted molar refractivity (Wildman–Crippen MR) is 79.8 cm³/mol. The molecule has 1 atom stereocenters. The smallest absolute Gasteiger partial charge is 0.408 e. The van der Waals surface area contributed by atoms with E-state index >= 15 is 0 Å². The number of carbonyl (C=O) groups is 2. The molecule has 0 bridgehead atoms. The van der Waals surface area contributed by atoms with Crippen LogP contribution in [0.1, 0.15) is 31.4 Å². The molecule has 0 heterocycles. The Labute approximate surface area is 125 Å². The van der Waals surface area contributed by atoms with Crippen molar-refractivity contribution in [3.8, 4) is 0 Å². The van der Waals surface area contributed by atoms with Crippen molar-refractivity contribution in [2.45, 2.75) is 39.8 Å². The molecule has 116 valence electrons. The summed E-state index contributed by atoms with van der Waals surface area (Å²) < 4.78 is 9.80. The molecule has 0 fully saturated rings. The third kappa shape index (κ3) is 6.29. The van der Waals surface area contributed by atoms with E-state index < -0.39 is 18.1 Å². The van der Waals surface area contributed by atoms with Crippen molar-refractivity contribution < 1.29 is 19.1 Å². The van der Waals surface area contributed by atoms with Gasteiger partial charge < -0.3 is 14.8 Å². The Morgan fingerprint density at radius 1 is 1.19 bits per heavy atom. The second-order valence-electron chi connectivity index (χ2n) is 5.41. The summed E-state index contributed by atoms with van der Waals surface area (Å²) in [7, 11) is 1.30. The summed E-state index contributed by atoms with van der Waals surface area (Å²) in [5, 5.41) is 2.54. The van der Waals surface area contributed by atoms with Crippen molar-refractivity contribution in [1.82, 2.24) is 5.32 Å². The molecule has 1 aromatic rings. The third-order valence-electron chi connectivity index (χ3n) is 2.98. The Bertz CT molecular complexity index is 468. The molecule has 0 saturated carbocycles. The minimum atomic E-state index is -0.680. The number of rotatable bonds is 6. The summed E-state index contributed by atoms with van der Waals surface area (Å²) in [6.07, 6.45) is -0.113. The molecule has 0 saturated heterocycles. The van der Waals surface area contributed by atoms with Crippen LogP contribution in [0.25, 0.3) is 0 Å². The number of carbonyl (C=O) groups excluding carboxylic acids is 2. The summed E-state index contributed by atoms with van der Waals surface area (Å²) >= 11 is 0. The number of nitrogens with one attached hydrogen (secondary N) is 1. The van der Waals surface area contributed by atoms with Crippen molar-refractivity contribution in [3.05, 3.63) is 35.4 Å². The Morgan fingerprint density at radius 2 is 1.81 bits per heavy atom. The fourth-order valence-electron chi connectivity index (χ4n) is 1.84. The fraction of sp³-hybridized carbons (Fsp3) is 0.500. The molecule has 1 aromatic carbocycles. The molecule has 21 heavy (non-hydrogen) atoms. The van der Waals surface area contributed by atoms with Gasteiger partial charge in [0.1, 0.15) is 12.6 Å². The number of hydrogen-bond acceptors (Lipinski definition) is 4. The van der Waals surface area contributed by atoms with E-state index in [0.717, 1.165) is 11.1 Å².